The lowest BCUT2D eigenvalue weighted by Crippen LogP contribution is -1.91. The fourth-order valence-corrected chi connectivity index (χ4v) is 2.22. The largest absolute Gasteiger partial charge is 0.494 e. The lowest BCUT2D eigenvalue weighted by molar-refractivity contribution is 0.410. The Morgan fingerprint density at radius 1 is 1.58 bits per heavy atom. The standard InChI is InChI=1S/C8H6INOS/c1-11-8-5(4-10)2-6(12)3-7(8)9/h2-3,12H,1H3. The van der Waals surface area contributed by atoms with Crippen LogP contribution >= 0.6 is 35.2 Å². The van der Waals surface area contributed by atoms with E-state index in [1.54, 1.807) is 13.2 Å². The number of hydrogen-bond acceptors (Lipinski definition) is 3. The first-order chi connectivity index (χ1) is 5.69. The molecule has 0 saturated carbocycles. The van der Waals surface area contributed by atoms with Crippen molar-refractivity contribution >= 4 is 35.2 Å². The molecule has 0 saturated heterocycles. The molecule has 1 aromatic carbocycles. The van der Waals surface area contributed by atoms with Crippen LogP contribution in [0, 0.1) is 14.9 Å². The van der Waals surface area contributed by atoms with E-state index in [1.807, 2.05) is 12.1 Å². The maximum Gasteiger partial charge on any atom is 0.150 e. The van der Waals surface area contributed by atoms with E-state index in [9.17, 15) is 0 Å². The van der Waals surface area contributed by atoms with Crippen molar-refractivity contribution in [1.82, 2.24) is 0 Å². The van der Waals surface area contributed by atoms with Crippen LogP contribution in [-0.4, -0.2) is 7.11 Å². The van der Waals surface area contributed by atoms with Gasteiger partial charge in [-0.3, -0.25) is 0 Å². The molecule has 2 nitrogen and oxygen atoms in total. The summed E-state index contributed by atoms with van der Waals surface area (Å²) in [7, 11) is 1.55. The molecule has 0 aliphatic carbocycles. The molecule has 0 spiro atoms. The molecule has 0 atom stereocenters. The van der Waals surface area contributed by atoms with Gasteiger partial charge in [-0.2, -0.15) is 5.26 Å². The summed E-state index contributed by atoms with van der Waals surface area (Å²) in [6.07, 6.45) is 0. The van der Waals surface area contributed by atoms with Crippen molar-refractivity contribution in [2.45, 2.75) is 4.90 Å². The van der Waals surface area contributed by atoms with Gasteiger partial charge in [-0.1, -0.05) is 0 Å². The molecule has 0 aliphatic heterocycles. The van der Waals surface area contributed by atoms with E-state index >= 15 is 0 Å². The van der Waals surface area contributed by atoms with Gasteiger partial charge in [-0.15, -0.1) is 12.6 Å². The molecule has 0 bridgehead atoms. The minimum Gasteiger partial charge on any atom is -0.494 e. The molecule has 0 radical (unpaired) electrons. The van der Waals surface area contributed by atoms with Crippen LogP contribution in [-0.2, 0) is 0 Å². The second-order valence-electron chi connectivity index (χ2n) is 2.12. The highest BCUT2D eigenvalue weighted by Crippen LogP contribution is 2.27. The van der Waals surface area contributed by atoms with Gasteiger partial charge in [0.25, 0.3) is 0 Å². The van der Waals surface area contributed by atoms with Gasteiger partial charge in [0.05, 0.1) is 16.2 Å². The van der Waals surface area contributed by atoms with Crippen LogP contribution in [0.15, 0.2) is 17.0 Å². The molecule has 0 aromatic heterocycles. The number of ether oxygens (including phenoxy) is 1. The van der Waals surface area contributed by atoms with Crippen LogP contribution in [0.1, 0.15) is 5.56 Å². The average molecular weight is 291 g/mol. The van der Waals surface area contributed by atoms with Crippen molar-refractivity contribution < 1.29 is 4.74 Å². The molecule has 4 heteroatoms. The smallest absolute Gasteiger partial charge is 0.150 e. The molecule has 0 fully saturated rings. The Morgan fingerprint density at radius 3 is 2.75 bits per heavy atom. The molecule has 0 N–H and O–H groups in total. The predicted molar refractivity (Wildman–Crippen MR) is 57.7 cm³/mol. The number of halogens is 1. The van der Waals surface area contributed by atoms with Crippen molar-refractivity contribution in [3.63, 3.8) is 0 Å². The van der Waals surface area contributed by atoms with E-state index < -0.39 is 0 Å². The Labute approximate surface area is 90.1 Å². The van der Waals surface area contributed by atoms with Gasteiger partial charge >= 0.3 is 0 Å². The SMILES string of the molecule is COc1c(I)cc(S)cc1C#N. The molecule has 0 amide bonds. The first kappa shape index (κ1) is 9.68. The van der Waals surface area contributed by atoms with Gasteiger partial charge in [-0.05, 0) is 34.7 Å². The summed E-state index contributed by atoms with van der Waals surface area (Å²) in [6, 6.07) is 5.58. The zero-order valence-electron chi connectivity index (χ0n) is 6.34. The third-order valence-corrected chi connectivity index (χ3v) is 2.41. The first-order valence-corrected chi connectivity index (χ1v) is 4.68. The third kappa shape index (κ3) is 1.84. The van der Waals surface area contributed by atoms with Gasteiger partial charge in [0, 0.05) is 4.90 Å². The molecule has 0 heterocycles. The summed E-state index contributed by atoms with van der Waals surface area (Å²) >= 11 is 6.26. The van der Waals surface area contributed by atoms with Crippen LogP contribution in [0.2, 0.25) is 0 Å². The monoisotopic (exact) mass is 291 g/mol. The first-order valence-electron chi connectivity index (χ1n) is 3.15. The van der Waals surface area contributed by atoms with E-state index in [-0.39, 0.29) is 0 Å². The summed E-state index contributed by atoms with van der Waals surface area (Å²) in [5.41, 5.74) is 0.523. The van der Waals surface area contributed by atoms with Gasteiger partial charge in [0.1, 0.15) is 11.8 Å². The molecule has 62 valence electrons. The third-order valence-electron chi connectivity index (χ3n) is 1.35. The van der Waals surface area contributed by atoms with Crippen LogP contribution in [0.3, 0.4) is 0 Å². The van der Waals surface area contributed by atoms with Crippen LogP contribution < -0.4 is 4.74 Å². The van der Waals surface area contributed by atoms with E-state index in [1.165, 1.54) is 0 Å². The minimum atomic E-state index is 0.523. The zero-order chi connectivity index (χ0) is 9.14. The van der Waals surface area contributed by atoms with Gasteiger partial charge in [0.15, 0.2) is 0 Å². The van der Waals surface area contributed by atoms with Crippen molar-refractivity contribution in [3.8, 4) is 11.8 Å². The Kier molecular flexibility index (Phi) is 3.23. The van der Waals surface area contributed by atoms with Gasteiger partial charge < -0.3 is 4.74 Å². The Morgan fingerprint density at radius 2 is 2.25 bits per heavy atom. The van der Waals surface area contributed by atoms with E-state index in [2.05, 4.69) is 35.2 Å². The summed E-state index contributed by atoms with van der Waals surface area (Å²) in [5.74, 6) is 0.621. The molecule has 12 heavy (non-hydrogen) atoms. The van der Waals surface area contributed by atoms with Crippen molar-refractivity contribution in [2.24, 2.45) is 0 Å². The van der Waals surface area contributed by atoms with Crippen LogP contribution in [0.4, 0.5) is 0 Å². The van der Waals surface area contributed by atoms with Crippen LogP contribution in [0.5, 0.6) is 5.75 Å². The highest BCUT2D eigenvalue weighted by molar-refractivity contribution is 14.1. The zero-order valence-corrected chi connectivity index (χ0v) is 9.39. The van der Waals surface area contributed by atoms with Crippen molar-refractivity contribution in [1.29, 1.82) is 5.26 Å². The maximum atomic E-state index is 8.73. The van der Waals surface area contributed by atoms with Gasteiger partial charge in [-0.25, -0.2) is 0 Å². The molecule has 1 aromatic rings. The number of nitrogens with zero attached hydrogens (tertiary/aromatic N) is 1. The fourth-order valence-electron chi connectivity index (χ4n) is 0.870. The summed E-state index contributed by atoms with van der Waals surface area (Å²) in [4.78, 5) is 0.775. The Hall–Kier alpha value is -0.410. The summed E-state index contributed by atoms with van der Waals surface area (Å²) in [6.45, 7) is 0. The minimum absolute atomic E-state index is 0.523. The molecule has 0 aliphatic rings. The highest BCUT2D eigenvalue weighted by atomic mass is 127. The lowest BCUT2D eigenvalue weighted by Gasteiger charge is -2.05. The summed E-state index contributed by atoms with van der Waals surface area (Å²) in [5, 5.41) is 8.73. The average Bonchev–Trinajstić information content (AvgIpc) is 2.03. The van der Waals surface area contributed by atoms with Crippen molar-refractivity contribution in [3.05, 3.63) is 21.3 Å². The normalized spacial score (nSPS) is 9.17. The van der Waals surface area contributed by atoms with E-state index in [0.717, 1.165) is 8.47 Å². The maximum absolute atomic E-state index is 8.73. The highest BCUT2D eigenvalue weighted by Gasteiger charge is 2.07. The summed E-state index contributed by atoms with van der Waals surface area (Å²) < 4.78 is 5.96. The number of benzene rings is 1. The quantitative estimate of drug-likeness (QED) is 0.637. The second kappa shape index (κ2) is 4.01. The lowest BCUT2D eigenvalue weighted by atomic mass is 10.2. The number of methoxy groups -OCH3 is 1. The second-order valence-corrected chi connectivity index (χ2v) is 3.80. The number of rotatable bonds is 1. The molecule has 1 rings (SSSR count). The fraction of sp³-hybridized carbons (Fsp3) is 0.125. The number of nitriles is 1. The van der Waals surface area contributed by atoms with Gasteiger partial charge in [0.2, 0.25) is 0 Å². The predicted octanol–water partition coefficient (Wildman–Crippen LogP) is 2.46. The molecule has 0 unspecified atom stereocenters. The molecular weight excluding hydrogens is 285 g/mol. The Balaban J connectivity index is 3.36. The Bertz CT molecular complexity index is 346. The van der Waals surface area contributed by atoms with E-state index in [0.29, 0.717) is 11.3 Å². The number of thiol groups is 1. The van der Waals surface area contributed by atoms with Crippen molar-refractivity contribution in [2.75, 3.05) is 7.11 Å². The topological polar surface area (TPSA) is 33.0 Å². The number of hydrogen-bond donors (Lipinski definition) is 1. The van der Waals surface area contributed by atoms with E-state index in [4.69, 9.17) is 10.00 Å². The van der Waals surface area contributed by atoms with Crippen LogP contribution in [0.25, 0.3) is 0 Å². The molecular formula is C8H6INOS.